The molecule has 0 bridgehead atoms. The fourth-order valence-electron chi connectivity index (χ4n) is 3.74. The molecule has 0 unspecified atom stereocenters. The molecule has 0 radical (unpaired) electrons. The van der Waals surface area contributed by atoms with Gasteiger partial charge < -0.3 is 15.0 Å². The van der Waals surface area contributed by atoms with E-state index in [9.17, 15) is 13.2 Å². The Morgan fingerprint density at radius 3 is 2.41 bits per heavy atom. The molecule has 2 saturated heterocycles. The molecule has 4 rings (SSSR count). The summed E-state index contributed by atoms with van der Waals surface area (Å²) in [5.74, 6) is -0.00856. The Kier molecular flexibility index (Phi) is 5.47. The number of carbonyl (C=O) groups excluding carboxylic acids is 1. The van der Waals surface area contributed by atoms with Crippen LogP contribution in [-0.2, 0) is 14.8 Å². The summed E-state index contributed by atoms with van der Waals surface area (Å²) in [6.07, 6.45) is 0.639. The van der Waals surface area contributed by atoms with Crippen molar-refractivity contribution in [2.24, 2.45) is 0 Å². The number of benzene rings is 2. The fraction of sp³-hybridized carbons (Fsp3) is 0.381. The molecule has 2 aliphatic heterocycles. The standard InChI is InChI=1S/C21H25N3O4S/c1-16-3-4-17(15-20(16)23-10-12-28-13-11-23)21(25)22-18-5-7-19(8-6-18)24-9-2-14-29(24,26)27/h3-8,15H,2,9-14H2,1H3,(H,22,25). The highest BCUT2D eigenvalue weighted by molar-refractivity contribution is 7.93. The molecule has 0 aromatic heterocycles. The van der Waals surface area contributed by atoms with E-state index in [1.165, 1.54) is 4.31 Å². The number of nitrogens with one attached hydrogen (secondary N) is 1. The molecular weight excluding hydrogens is 390 g/mol. The van der Waals surface area contributed by atoms with Crippen molar-refractivity contribution in [2.45, 2.75) is 13.3 Å². The van der Waals surface area contributed by atoms with Crippen LogP contribution in [-0.4, -0.2) is 52.9 Å². The van der Waals surface area contributed by atoms with Crippen molar-refractivity contribution in [3.05, 3.63) is 53.6 Å². The zero-order chi connectivity index (χ0) is 20.4. The van der Waals surface area contributed by atoms with E-state index in [1.807, 2.05) is 25.1 Å². The molecule has 0 spiro atoms. The van der Waals surface area contributed by atoms with E-state index < -0.39 is 10.0 Å². The van der Waals surface area contributed by atoms with E-state index >= 15 is 0 Å². The molecule has 1 amide bonds. The third kappa shape index (κ3) is 4.23. The second kappa shape index (κ2) is 8.04. The van der Waals surface area contributed by atoms with Crippen LogP contribution in [0.1, 0.15) is 22.3 Å². The number of morpholine rings is 1. The van der Waals surface area contributed by atoms with Gasteiger partial charge in [0, 0.05) is 36.6 Å². The number of hydrogen-bond acceptors (Lipinski definition) is 5. The van der Waals surface area contributed by atoms with E-state index in [0.29, 0.717) is 43.1 Å². The summed E-state index contributed by atoms with van der Waals surface area (Å²) in [5.41, 5.74) is 4.02. The van der Waals surface area contributed by atoms with Crippen molar-refractivity contribution in [3.8, 4) is 0 Å². The lowest BCUT2D eigenvalue weighted by atomic mass is 10.1. The van der Waals surface area contributed by atoms with Gasteiger partial charge in [-0.25, -0.2) is 8.42 Å². The smallest absolute Gasteiger partial charge is 0.255 e. The molecule has 8 heteroatoms. The molecule has 0 atom stereocenters. The molecule has 1 N–H and O–H groups in total. The average molecular weight is 416 g/mol. The van der Waals surface area contributed by atoms with E-state index in [-0.39, 0.29) is 11.7 Å². The maximum absolute atomic E-state index is 12.7. The number of anilines is 3. The molecule has 2 aromatic rings. The molecule has 2 aromatic carbocycles. The number of amides is 1. The van der Waals surface area contributed by atoms with Gasteiger partial charge in [0.2, 0.25) is 10.0 Å². The molecular formula is C21H25N3O4S. The van der Waals surface area contributed by atoms with Crippen LogP contribution in [0.2, 0.25) is 0 Å². The summed E-state index contributed by atoms with van der Waals surface area (Å²) in [6, 6.07) is 12.6. The summed E-state index contributed by atoms with van der Waals surface area (Å²) >= 11 is 0. The van der Waals surface area contributed by atoms with Crippen molar-refractivity contribution in [2.75, 3.05) is 53.1 Å². The second-order valence-electron chi connectivity index (χ2n) is 7.34. The van der Waals surface area contributed by atoms with Gasteiger partial charge in [0.1, 0.15) is 0 Å². The maximum atomic E-state index is 12.7. The predicted molar refractivity (Wildman–Crippen MR) is 114 cm³/mol. The van der Waals surface area contributed by atoms with E-state index in [2.05, 4.69) is 10.2 Å². The van der Waals surface area contributed by atoms with E-state index in [0.717, 1.165) is 24.3 Å². The minimum Gasteiger partial charge on any atom is -0.378 e. The van der Waals surface area contributed by atoms with Gasteiger partial charge in [0.15, 0.2) is 0 Å². The Morgan fingerprint density at radius 2 is 1.76 bits per heavy atom. The SMILES string of the molecule is Cc1ccc(C(=O)Nc2ccc(N3CCCS3(=O)=O)cc2)cc1N1CCOCC1. The summed E-state index contributed by atoms with van der Waals surface area (Å²) in [5, 5.41) is 2.90. The number of sulfonamides is 1. The maximum Gasteiger partial charge on any atom is 0.255 e. The quantitative estimate of drug-likeness (QED) is 0.831. The first-order chi connectivity index (χ1) is 13.9. The molecule has 29 heavy (non-hydrogen) atoms. The number of aryl methyl sites for hydroxylation is 1. The first-order valence-electron chi connectivity index (χ1n) is 9.79. The van der Waals surface area contributed by atoms with Crippen molar-refractivity contribution in [3.63, 3.8) is 0 Å². The van der Waals surface area contributed by atoms with Gasteiger partial charge in [0.05, 0.1) is 24.7 Å². The van der Waals surface area contributed by atoms with E-state index in [4.69, 9.17) is 4.74 Å². The molecule has 2 heterocycles. The van der Waals surface area contributed by atoms with Gasteiger partial charge in [-0.3, -0.25) is 9.10 Å². The van der Waals surface area contributed by atoms with Gasteiger partial charge in [-0.2, -0.15) is 0 Å². The summed E-state index contributed by atoms with van der Waals surface area (Å²) in [7, 11) is -3.21. The lowest BCUT2D eigenvalue weighted by Gasteiger charge is -2.30. The van der Waals surface area contributed by atoms with Gasteiger partial charge in [-0.1, -0.05) is 6.07 Å². The Balaban J connectivity index is 1.48. The van der Waals surface area contributed by atoms with Gasteiger partial charge in [-0.15, -0.1) is 0 Å². The van der Waals surface area contributed by atoms with Crippen LogP contribution >= 0.6 is 0 Å². The lowest BCUT2D eigenvalue weighted by molar-refractivity contribution is 0.102. The summed E-state index contributed by atoms with van der Waals surface area (Å²) < 4.78 is 30.9. The van der Waals surface area contributed by atoms with Crippen molar-refractivity contribution in [1.29, 1.82) is 0 Å². The van der Waals surface area contributed by atoms with Crippen molar-refractivity contribution in [1.82, 2.24) is 0 Å². The first-order valence-corrected chi connectivity index (χ1v) is 11.4. The van der Waals surface area contributed by atoms with Crippen molar-refractivity contribution < 1.29 is 17.9 Å². The molecule has 154 valence electrons. The zero-order valence-electron chi connectivity index (χ0n) is 16.4. The third-order valence-corrected chi connectivity index (χ3v) is 7.21. The topological polar surface area (TPSA) is 79.0 Å². The third-order valence-electron chi connectivity index (χ3n) is 5.34. The second-order valence-corrected chi connectivity index (χ2v) is 9.36. The minimum absolute atomic E-state index is 0.185. The molecule has 2 aliphatic rings. The van der Waals surface area contributed by atoms with Crippen LogP contribution in [0, 0.1) is 6.92 Å². The fourth-order valence-corrected chi connectivity index (χ4v) is 5.30. The highest BCUT2D eigenvalue weighted by Gasteiger charge is 2.28. The summed E-state index contributed by atoms with van der Waals surface area (Å²) in [4.78, 5) is 15.0. The Labute approximate surface area is 171 Å². The van der Waals surface area contributed by atoms with Crippen molar-refractivity contribution >= 4 is 33.0 Å². The van der Waals surface area contributed by atoms with Crippen LogP contribution in [0.5, 0.6) is 0 Å². The van der Waals surface area contributed by atoms with Crippen LogP contribution in [0.3, 0.4) is 0 Å². The van der Waals surface area contributed by atoms with Crippen LogP contribution < -0.4 is 14.5 Å². The number of hydrogen-bond donors (Lipinski definition) is 1. The first kappa shape index (κ1) is 19.7. The Morgan fingerprint density at radius 1 is 1.03 bits per heavy atom. The molecule has 2 fully saturated rings. The zero-order valence-corrected chi connectivity index (χ0v) is 17.2. The van der Waals surface area contributed by atoms with Gasteiger partial charge >= 0.3 is 0 Å². The largest absolute Gasteiger partial charge is 0.378 e. The predicted octanol–water partition coefficient (Wildman–Crippen LogP) is 2.62. The number of nitrogens with zero attached hydrogens (tertiary/aromatic N) is 2. The normalized spacial score (nSPS) is 18.7. The van der Waals surface area contributed by atoms with Crippen LogP contribution in [0.15, 0.2) is 42.5 Å². The highest BCUT2D eigenvalue weighted by atomic mass is 32.2. The number of rotatable bonds is 4. The Bertz CT molecular complexity index is 999. The van der Waals surface area contributed by atoms with Gasteiger partial charge in [-0.05, 0) is 55.3 Å². The number of carbonyl (C=O) groups is 1. The molecule has 0 saturated carbocycles. The monoisotopic (exact) mass is 415 g/mol. The molecule has 0 aliphatic carbocycles. The minimum atomic E-state index is -3.21. The van der Waals surface area contributed by atoms with Crippen LogP contribution in [0.4, 0.5) is 17.1 Å². The Hall–Kier alpha value is -2.58. The lowest BCUT2D eigenvalue weighted by Crippen LogP contribution is -2.36. The van der Waals surface area contributed by atoms with Crippen LogP contribution in [0.25, 0.3) is 0 Å². The summed E-state index contributed by atoms with van der Waals surface area (Å²) in [6.45, 7) is 5.54. The molecule has 7 nitrogen and oxygen atoms in total. The number of ether oxygens (including phenoxy) is 1. The van der Waals surface area contributed by atoms with Gasteiger partial charge in [0.25, 0.3) is 5.91 Å². The average Bonchev–Trinajstić information content (AvgIpc) is 3.08. The highest BCUT2D eigenvalue weighted by Crippen LogP contribution is 2.26. The van der Waals surface area contributed by atoms with E-state index in [1.54, 1.807) is 24.3 Å².